The van der Waals surface area contributed by atoms with Crippen molar-refractivity contribution in [1.82, 2.24) is 4.98 Å². The van der Waals surface area contributed by atoms with Crippen LogP contribution >= 0.6 is 0 Å². The van der Waals surface area contributed by atoms with E-state index in [-0.39, 0.29) is 0 Å². The first-order valence-corrected chi connectivity index (χ1v) is 5.10. The van der Waals surface area contributed by atoms with Gasteiger partial charge in [-0.05, 0) is 12.5 Å². The molecular weight excluding hydrogens is 210 g/mol. The summed E-state index contributed by atoms with van der Waals surface area (Å²) in [7, 11) is 1.50. The summed E-state index contributed by atoms with van der Waals surface area (Å²) in [5.74, 6) is -0.219. The number of esters is 1. The van der Waals surface area contributed by atoms with E-state index in [9.17, 15) is 9.90 Å². The smallest absolute Gasteiger partial charge is 0.340 e. The summed E-state index contributed by atoms with van der Waals surface area (Å²) in [6.45, 7) is 1.89. The van der Waals surface area contributed by atoms with Gasteiger partial charge in [0.25, 0.3) is 0 Å². The second-order valence-electron chi connectivity index (χ2n) is 3.56. The number of aromatic nitrogens is 1. The largest absolute Gasteiger partial charge is 0.481 e. The SMILES string of the molecule is CC[C@@H]1OC(=O)C(O)c2ccnc(OC)c21. The first-order chi connectivity index (χ1) is 7.69. The molecule has 0 saturated heterocycles. The minimum atomic E-state index is -1.24. The molecule has 0 amide bonds. The molecule has 1 aromatic rings. The summed E-state index contributed by atoms with van der Waals surface area (Å²) in [5.41, 5.74) is 1.19. The number of rotatable bonds is 2. The van der Waals surface area contributed by atoms with E-state index in [4.69, 9.17) is 9.47 Å². The summed E-state index contributed by atoms with van der Waals surface area (Å²) < 4.78 is 10.2. The van der Waals surface area contributed by atoms with E-state index < -0.39 is 18.2 Å². The molecule has 5 heteroatoms. The van der Waals surface area contributed by atoms with Crippen molar-refractivity contribution in [1.29, 1.82) is 0 Å². The lowest BCUT2D eigenvalue weighted by atomic mass is 9.95. The first-order valence-electron chi connectivity index (χ1n) is 5.10. The summed E-state index contributed by atoms with van der Waals surface area (Å²) in [6, 6.07) is 1.62. The summed E-state index contributed by atoms with van der Waals surface area (Å²) in [5, 5.41) is 9.71. The fraction of sp³-hybridized carbons (Fsp3) is 0.455. The molecule has 5 nitrogen and oxygen atoms in total. The third kappa shape index (κ3) is 1.53. The Bertz CT molecular complexity index is 418. The number of cyclic esters (lactones) is 1. The zero-order valence-electron chi connectivity index (χ0n) is 9.14. The van der Waals surface area contributed by atoms with Crippen molar-refractivity contribution >= 4 is 5.97 Å². The predicted molar refractivity (Wildman–Crippen MR) is 54.9 cm³/mol. The van der Waals surface area contributed by atoms with Gasteiger partial charge in [-0.3, -0.25) is 0 Å². The van der Waals surface area contributed by atoms with Gasteiger partial charge in [0, 0.05) is 11.8 Å². The Labute approximate surface area is 93.0 Å². The van der Waals surface area contributed by atoms with Crippen molar-refractivity contribution in [3.8, 4) is 5.88 Å². The molecule has 0 saturated carbocycles. The summed E-state index contributed by atoms with van der Waals surface area (Å²) in [6.07, 6.45) is 0.490. The highest BCUT2D eigenvalue weighted by atomic mass is 16.6. The number of carbonyl (C=O) groups is 1. The molecule has 0 aromatic carbocycles. The quantitative estimate of drug-likeness (QED) is 0.761. The first kappa shape index (κ1) is 10.9. The van der Waals surface area contributed by atoms with E-state index >= 15 is 0 Å². The van der Waals surface area contributed by atoms with Gasteiger partial charge in [0.2, 0.25) is 5.88 Å². The molecule has 0 aliphatic carbocycles. The number of nitrogens with zero attached hydrogens (tertiary/aromatic N) is 1. The Hall–Kier alpha value is -1.62. The number of methoxy groups -OCH3 is 1. The lowest BCUT2D eigenvalue weighted by Gasteiger charge is -2.28. The normalized spacial score (nSPS) is 23.6. The third-order valence-electron chi connectivity index (χ3n) is 2.65. The third-order valence-corrected chi connectivity index (χ3v) is 2.65. The van der Waals surface area contributed by atoms with Gasteiger partial charge in [0.15, 0.2) is 6.10 Å². The van der Waals surface area contributed by atoms with Crippen LogP contribution in [0.5, 0.6) is 5.88 Å². The van der Waals surface area contributed by atoms with Gasteiger partial charge in [-0.2, -0.15) is 0 Å². The molecule has 1 aliphatic heterocycles. The van der Waals surface area contributed by atoms with Crippen LogP contribution in [0.25, 0.3) is 0 Å². The van der Waals surface area contributed by atoms with Gasteiger partial charge >= 0.3 is 5.97 Å². The van der Waals surface area contributed by atoms with Crippen molar-refractivity contribution in [2.75, 3.05) is 7.11 Å². The van der Waals surface area contributed by atoms with E-state index in [1.807, 2.05) is 6.92 Å². The van der Waals surface area contributed by atoms with E-state index in [0.717, 1.165) is 0 Å². The second-order valence-corrected chi connectivity index (χ2v) is 3.56. The molecule has 1 aromatic heterocycles. The molecule has 2 rings (SSSR count). The number of ether oxygens (including phenoxy) is 2. The number of pyridine rings is 1. The number of hydrogen-bond acceptors (Lipinski definition) is 5. The number of carbonyl (C=O) groups excluding carboxylic acids is 1. The van der Waals surface area contributed by atoms with Crippen LogP contribution in [0.4, 0.5) is 0 Å². The van der Waals surface area contributed by atoms with Crippen molar-refractivity contribution < 1.29 is 19.4 Å². The van der Waals surface area contributed by atoms with Crippen LogP contribution in [-0.2, 0) is 9.53 Å². The molecule has 0 fully saturated rings. The highest BCUT2D eigenvalue weighted by molar-refractivity contribution is 5.79. The number of aliphatic hydroxyl groups excluding tert-OH is 1. The summed E-state index contributed by atoms with van der Waals surface area (Å²) >= 11 is 0. The molecule has 2 heterocycles. The topological polar surface area (TPSA) is 68.7 Å². The minimum absolute atomic E-state index is 0.394. The average Bonchev–Trinajstić information content (AvgIpc) is 2.32. The fourth-order valence-electron chi connectivity index (χ4n) is 1.87. The zero-order valence-corrected chi connectivity index (χ0v) is 9.14. The zero-order chi connectivity index (χ0) is 11.7. The molecule has 1 aliphatic rings. The summed E-state index contributed by atoms with van der Waals surface area (Å²) in [4.78, 5) is 15.4. The number of hydrogen-bond donors (Lipinski definition) is 1. The standard InChI is InChI=1S/C11H13NO4/c1-3-7-8-6(9(13)11(14)16-7)4-5-12-10(8)15-2/h4-5,7,9,13H,3H2,1-2H3/t7-,9?/m0/s1. The number of fused-ring (bicyclic) bond motifs is 1. The van der Waals surface area contributed by atoms with E-state index in [1.54, 1.807) is 6.07 Å². The Kier molecular flexibility index (Phi) is 2.78. The van der Waals surface area contributed by atoms with Crippen LogP contribution in [-0.4, -0.2) is 23.2 Å². The van der Waals surface area contributed by atoms with E-state index in [1.165, 1.54) is 13.3 Å². The van der Waals surface area contributed by atoms with Crippen molar-refractivity contribution in [3.63, 3.8) is 0 Å². The Balaban J connectivity index is 2.58. The van der Waals surface area contributed by atoms with Crippen molar-refractivity contribution in [3.05, 3.63) is 23.4 Å². The minimum Gasteiger partial charge on any atom is -0.481 e. The van der Waals surface area contributed by atoms with Crippen LogP contribution in [0.1, 0.15) is 36.7 Å². The van der Waals surface area contributed by atoms with Crippen molar-refractivity contribution in [2.45, 2.75) is 25.6 Å². The highest BCUT2D eigenvalue weighted by Crippen LogP contribution is 2.39. The molecular formula is C11H13NO4. The van der Waals surface area contributed by atoms with Gasteiger partial charge in [-0.1, -0.05) is 6.92 Å². The molecule has 16 heavy (non-hydrogen) atoms. The highest BCUT2D eigenvalue weighted by Gasteiger charge is 2.35. The lowest BCUT2D eigenvalue weighted by molar-refractivity contribution is -0.163. The van der Waals surface area contributed by atoms with E-state index in [0.29, 0.717) is 23.4 Å². The lowest BCUT2D eigenvalue weighted by Crippen LogP contribution is -2.26. The average molecular weight is 223 g/mol. The molecule has 0 bridgehead atoms. The van der Waals surface area contributed by atoms with Gasteiger partial charge in [-0.15, -0.1) is 0 Å². The molecule has 86 valence electrons. The molecule has 2 atom stereocenters. The number of aliphatic hydroxyl groups is 1. The van der Waals surface area contributed by atoms with Gasteiger partial charge in [0.05, 0.1) is 12.7 Å². The Morgan fingerprint density at radius 3 is 3.00 bits per heavy atom. The molecule has 1 N–H and O–H groups in total. The van der Waals surface area contributed by atoms with Crippen molar-refractivity contribution in [2.24, 2.45) is 0 Å². The maximum absolute atomic E-state index is 11.4. The van der Waals surface area contributed by atoms with Gasteiger partial charge < -0.3 is 14.6 Å². The fourth-order valence-corrected chi connectivity index (χ4v) is 1.87. The molecule has 0 spiro atoms. The van der Waals surface area contributed by atoms with Crippen LogP contribution in [0, 0.1) is 0 Å². The molecule has 0 radical (unpaired) electrons. The van der Waals surface area contributed by atoms with Crippen LogP contribution in [0.2, 0.25) is 0 Å². The predicted octanol–water partition coefficient (Wildman–Crippen LogP) is 1.13. The van der Waals surface area contributed by atoms with Gasteiger partial charge in [0.1, 0.15) is 6.10 Å². The van der Waals surface area contributed by atoms with Crippen LogP contribution in [0.3, 0.4) is 0 Å². The van der Waals surface area contributed by atoms with Crippen LogP contribution in [0.15, 0.2) is 12.3 Å². The second kappa shape index (κ2) is 4.09. The Morgan fingerprint density at radius 1 is 1.62 bits per heavy atom. The van der Waals surface area contributed by atoms with Gasteiger partial charge in [-0.25, -0.2) is 9.78 Å². The maximum atomic E-state index is 11.4. The van der Waals surface area contributed by atoms with E-state index in [2.05, 4.69) is 4.98 Å². The Morgan fingerprint density at radius 2 is 2.38 bits per heavy atom. The molecule has 1 unspecified atom stereocenters. The monoisotopic (exact) mass is 223 g/mol. The van der Waals surface area contributed by atoms with Crippen LogP contribution < -0.4 is 4.74 Å². The maximum Gasteiger partial charge on any atom is 0.340 e.